The standard InChI is InChI=1S/C27H22N2O3/c30-23(20-11-5-2-6-12-20)17-22-25(27(31)24-14-8-16-32-24)26(21-13-7-15-29(21)22)28-18-19-9-3-1-4-10-19/h1-16,22,28H,17-18H2. The van der Waals surface area contributed by atoms with E-state index in [-0.39, 0.29) is 23.7 Å². The van der Waals surface area contributed by atoms with Gasteiger partial charge in [-0.3, -0.25) is 9.59 Å². The van der Waals surface area contributed by atoms with Crippen LogP contribution in [0.1, 0.15) is 44.6 Å². The number of nitrogens with one attached hydrogen (secondary N) is 1. The molecule has 0 spiro atoms. The van der Waals surface area contributed by atoms with Crippen molar-refractivity contribution in [3.8, 4) is 0 Å². The number of carbonyl (C=O) groups excluding carboxylic acids is 2. The number of rotatable bonds is 8. The van der Waals surface area contributed by atoms with Gasteiger partial charge in [0, 0.05) is 24.7 Å². The summed E-state index contributed by atoms with van der Waals surface area (Å²) in [4.78, 5) is 26.6. The van der Waals surface area contributed by atoms with E-state index < -0.39 is 6.04 Å². The highest BCUT2D eigenvalue weighted by atomic mass is 16.3. The normalized spacial score (nSPS) is 14.9. The van der Waals surface area contributed by atoms with Crippen LogP contribution in [0, 0.1) is 0 Å². The molecular formula is C27H22N2O3. The van der Waals surface area contributed by atoms with Gasteiger partial charge in [0.05, 0.1) is 29.3 Å². The summed E-state index contributed by atoms with van der Waals surface area (Å²) in [5.74, 6) is 0.0475. The number of Topliss-reactive ketones (excluding diaryl/α,β-unsaturated/α-hetero) is 2. The first-order valence-electron chi connectivity index (χ1n) is 10.6. The molecular weight excluding hydrogens is 400 g/mol. The van der Waals surface area contributed by atoms with Crippen LogP contribution in [-0.2, 0) is 6.54 Å². The highest BCUT2D eigenvalue weighted by Gasteiger charge is 2.37. The molecule has 1 aliphatic rings. The number of hydrogen-bond acceptors (Lipinski definition) is 4. The summed E-state index contributed by atoms with van der Waals surface area (Å²) in [6.07, 6.45) is 3.60. The van der Waals surface area contributed by atoms with E-state index in [4.69, 9.17) is 4.42 Å². The van der Waals surface area contributed by atoms with E-state index in [1.54, 1.807) is 24.3 Å². The van der Waals surface area contributed by atoms with Crippen molar-refractivity contribution in [1.29, 1.82) is 0 Å². The zero-order valence-corrected chi connectivity index (χ0v) is 17.4. The number of nitrogens with zero attached hydrogens (tertiary/aromatic N) is 1. The van der Waals surface area contributed by atoms with Crippen LogP contribution in [0.15, 0.2) is 107 Å². The van der Waals surface area contributed by atoms with E-state index in [0.717, 1.165) is 17.0 Å². The van der Waals surface area contributed by atoms with Crippen molar-refractivity contribution in [3.63, 3.8) is 0 Å². The van der Waals surface area contributed by atoms with Crippen LogP contribution in [0.5, 0.6) is 0 Å². The largest absolute Gasteiger partial charge is 0.461 e. The van der Waals surface area contributed by atoms with Crippen molar-refractivity contribution >= 4 is 17.3 Å². The van der Waals surface area contributed by atoms with E-state index in [2.05, 4.69) is 5.32 Å². The minimum absolute atomic E-state index is 0.00990. The predicted octanol–water partition coefficient (Wildman–Crippen LogP) is 5.29. The molecule has 1 aliphatic heterocycles. The third kappa shape index (κ3) is 3.69. The van der Waals surface area contributed by atoms with E-state index in [0.29, 0.717) is 17.7 Å². The Morgan fingerprint density at radius 1 is 0.875 bits per heavy atom. The Morgan fingerprint density at radius 2 is 1.62 bits per heavy atom. The third-order valence-electron chi connectivity index (χ3n) is 5.75. The Bertz CT molecular complexity index is 1270. The summed E-state index contributed by atoms with van der Waals surface area (Å²) < 4.78 is 7.43. The van der Waals surface area contributed by atoms with Crippen molar-refractivity contribution in [2.24, 2.45) is 0 Å². The molecule has 1 atom stereocenters. The summed E-state index contributed by atoms with van der Waals surface area (Å²) in [5, 5.41) is 3.46. The fourth-order valence-corrected chi connectivity index (χ4v) is 4.22. The second kappa shape index (κ2) is 8.55. The van der Waals surface area contributed by atoms with E-state index >= 15 is 0 Å². The molecule has 0 radical (unpaired) electrons. The minimum atomic E-state index is -0.413. The van der Waals surface area contributed by atoms with Crippen molar-refractivity contribution in [2.45, 2.75) is 19.0 Å². The number of carbonyl (C=O) groups is 2. The first-order valence-corrected chi connectivity index (χ1v) is 10.6. The fourth-order valence-electron chi connectivity index (χ4n) is 4.22. The van der Waals surface area contributed by atoms with Gasteiger partial charge in [0.2, 0.25) is 5.78 Å². The summed E-state index contributed by atoms with van der Waals surface area (Å²) in [5.41, 5.74) is 3.92. The molecule has 5 rings (SSSR count). The van der Waals surface area contributed by atoms with Crippen molar-refractivity contribution in [2.75, 3.05) is 0 Å². The van der Waals surface area contributed by atoms with E-state index in [1.807, 2.05) is 71.4 Å². The monoisotopic (exact) mass is 422 g/mol. The molecule has 0 fully saturated rings. The Hall–Kier alpha value is -4.12. The molecule has 1 N–H and O–H groups in total. The number of allylic oxidation sites excluding steroid dienone is 1. The lowest BCUT2D eigenvalue weighted by Crippen LogP contribution is -2.19. The maximum absolute atomic E-state index is 13.5. The summed E-state index contributed by atoms with van der Waals surface area (Å²) in [6, 6.07) is 26.1. The van der Waals surface area contributed by atoms with Gasteiger partial charge in [-0.2, -0.15) is 0 Å². The molecule has 0 amide bonds. The van der Waals surface area contributed by atoms with E-state index in [9.17, 15) is 9.59 Å². The summed E-state index contributed by atoms with van der Waals surface area (Å²) in [7, 11) is 0. The average Bonchev–Trinajstić information content (AvgIpc) is 3.58. The molecule has 5 heteroatoms. The highest BCUT2D eigenvalue weighted by molar-refractivity contribution is 6.13. The van der Waals surface area contributed by atoms with Gasteiger partial charge in [-0.25, -0.2) is 0 Å². The first kappa shape index (κ1) is 19.8. The van der Waals surface area contributed by atoms with Gasteiger partial charge in [0.15, 0.2) is 11.5 Å². The van der Waals surface area contributed by atoms with Crippen LogP contribution in [0.2, 0.25) is 0 Å². The van der Waals surface area contributed by atoms with Gasteiger partial charge in [-0.15, -0.1) is 0 Å². The van der Waals surface area contributed by atoms with Crippen LogP contribution in [0.25, 0.3) is 5.70 Å². The van der Waals surface area contributed by atoms with Crippen molar-refractivity contribution < 1.29 is 14.0 Å². The number of hydrogen-bond donors (Lipinski definition) is 1. The highest BCUT2D eigenvalue weighted by Crippen LogP contribution is 2.40. The van der Waals surface area contributed by atoms with Crippen molar-refractivity contribution in [1.82, 2.24) is 9.88 Å². The first-order chi connectivity index (χ1) is 15.7. The molecule has 5 nitrogen and oxygen atoms in total. The molecule has 0 bridgehead atoms. The lowest BCUT2D eigenvalue weighted by molar-refractivity contribution is 0.0957. The van der Waals surface area contributed by atoms with Gasteiger partial charge < -0.3 is 14.3 Å². The second-order valence-corrected chi connectivity index (χ2v) is 7.74. The van der Waals surface area contributed by atoms with Crippen LogP contribution in [-0.4, -0.2) is 16.1 Å². The van der Waals surface area contributed by atoms with Crippen LogP contribution < -0.4 is 5.32 Å². The minimum Gasteiger partial charge on any atom is -0.461 e. The van der Waals surface area contributed by atoms with Gasteiger partial charge in [-0.05, 0) is 29.8 Å². The molecule has 1 unspecified atom stereocenters. The number of benzene rings is 2. The van der Waals surface area contributed by atoms with Crippen LogP contribution in [0.4, 0.5) is 0 Å². The zero-order valence-electron chi connectivity index (χ0n) is 17.4. The lowest BCUT2D eigenvalue weighted by Gasteiger charge is -2.16. The maximum Gasteiger partial charge on any atom is 0.228 e. The van der Waals surface area contributed by atoms with Crippen LogP contribution in [0.3, 0.4) is 0 Å². The van der Waals surface area contributed by atoms with Crippen molar-refractivity contribution in [3.05, 3.63) is 126 Å². The molecule has 0 saturated heterocycles. The Balaban J connectivity index is 1.54. The smallest absolute Gasteiger partial charge is 0.228 e. The number of furan rings is 1. The Morgan fingerprint density at radius 3 is 2.34 bits per heavy atom. The molecule has 4 aromatic rings. The quantitative estimate of drug-likeness (QED) is 0.392. The van der Waals surface area contributed by atoms with Gasteiger partial charge in [0.25, 0.3) is 0 Å². The van der Waals surface area contributed by atoms with E-state index in [1.165, 1.54) is 6.26 Å². The Kier molecular flexibility index (Phi) is 5.30. The molecule has 32 heavy (non-hydrogen) atoms. The van der Waals surface area contributed by atoms with Crippen LogP contribution >= 0.6 is 0 Å². The Labute approximate surface area is 186 Å². The molecule has 2 aromatic carbocycles. The molecule has 2 aromatic heterocycles. The SMILES string of the molecule is O=C(CC1C(C(=O)c2ccco2)=C(NCc2ccccc2)c2cccn21)c1ccccc1. The molecule has 0 aliphatic carbocycles. The molecule has 0 saturated carbocycles. The van der Waals surface area contributed by atoms with Gasteiger partial charge >= 0.3 is 0 Å². The molecule has 3 heterocycles. The predicted molar refractivity (Wildman–Crippen MR) is 122 cm³/mol. The second-order valence-electron chi connectivity index (χ2n) is 7.74. The van der Waals surface area contributed by atoms with Gasteiger partial charge in [0.1, 0.15) is 0 Å². The third-order valence-corrected chi connectivity index (χ3v) is 5.75. The average molecular weight is 422 g/mol. The number of ketones is 2. The topological polar surface area (TPSA) is 64.2 Å². The molecule has 158 valence electrons. The fraction of sp³-hybridized carbons (Fsp3) is 0.111. The number of fused-ring (bicyclic) bond motifs is 1. The summed E-state index contributed by atoms with van der Waals surface area (Å²) >= 11 is 0. The van der Waals surface area contributed by atoms with Gasteiger partial charge in [-0.1, -0.05) is 60.7 Å². The number of aromatic nitrogens is 1. The summed E-state index contributed by atoms with van der Waals surface area (Å²) in [6.45, 7) is 0.565. The maximum atomic E-state index is 13.5. The lowest BCUT2D eigenvalue weighted by atomic mass is 9.94. The zero-order chi connectivity index (χ0) is 21.9.